The second-order valence-electron chi connectivity index (χ2n) is 8.21. The van der Waals surface area contributed by atoms with Gasteiger partial charge in [-0.1, -0.05) is 76.1 Å². The van der Waals surface area contributed by atoms with Crippen molar-refractivity contribution in [1.29, 1.82) is 0 Å². The first-order valence-corrected chi connectivity index (χ1v) is 12.8. The van der Waals surface area contributed by atoms with Crippen LogP contribution in [0.4, 0.5) is 5.69 Å². The minimum absolute atomic E-state index is 0.0722. The lowest BCUT2D eigenvalue weighted by Gasteiger charge is -2.12. The Bertz CT molecular complexity index is 1510. The molecule has 5 nitrogen and oxygen atoms in total. The first-order valence-electron chi connectivity index (χ1n) is 11.6. The van der Waals surface area contributed by atoms with Crippen molar-refractivity contribution >= 4 is 63.0 Å². The van der Waals surface area contributed by atoms with Gasteiger partial charge in [-0.3, -0.25) is 14.4 Å². The number of ketones is 1. The summed E-state index contributed by atoms with van der Waals surface area (Å²) < 4.78 is 0.839. The van der Waals surface area contributed by atoms with Crippen molar-refractivity contribution in [1.82, 2.24) is 5.32 Å². The van der Waals surface area contributed by atoms with Gasteiger partial charge in [0, 0.05) is 26.3 Å². The molecule has 0 bridgehead atoms. The predicted octanol–water partition coefficient (Wildman–Crippen LogP) is 7.41. The van der Waals surface area contributed by atoms with E-state index < -0.39 is 11.8 Å². The Kier molecular flexibility index (Phi) is 9.03. The molecule has 4 rings (SSSR count). The standard InChI is InChI=1S/C31H22BrClN2O3/c32-25-8-4-5-22(19-25)20-28(35-30(37)24-6-2-1-3-7-24)31(38)34-27-16-12-23(13-17-27)29(36)18-11-21-9-14-26(33)15-10-21/h1-20H,(H,34,38)(H,35,37)/b18-11+,28-20-. The number of nitrogens with one attached hydrogen (secondary N) is 2. The molecule has 2 amide bonds. The lowest BCUT2D eigenvalue weighted by molar-refractivity contribution is -0.113. The Balaban J connectivity index is 1.49. The van der Waals surface area contributed by atoms with Crippen molar-refractivity contribution in [2.75, 3.05) is 5.32 Å². The Morgan fingerprint density at radius 1 is 0.737 bits per heavy atom. The largest absolute Gasteiger partial charge is 0.321 e. The summed E-state index contributed by atoms with van der Waals surface area (Å²) in [5.74, 6) is -1.09. The Labute approximate surface area is 234 Å². The lowest BCUT2D eigenvalue weighted by atomic mass is 10.1. The fourth-order valence-corrected chi connectivity index (χ4v) is 4.01. The zero-order valence-corrected chi connectivity index (χ0v) is 22.4. The van der Waals surface area contributed by atoms with Crippen LogP contribution in [0, 0.1) is 0 Å². The smallest absolute Gasteiger partial charge is 0.272 e. The number of amides is 2. The highest BCUT2D eigenvalue weighted by atomic mass is 79.9. The van der Waals surface area contributed by atoms with E-state index in [1.807, 2.05) is 42.5 Å². The number of carbonyl (C=O) groups excluding carboxylic acids is 3. The summed E-state index contributed by atoms with van der Waals surface area (Å²) in [5.41, 5.74) is 3.02. The van der Waals surface area contributed by atoms with E-state index in [4.69, 9.17) is 11.6 Å². The van der Waals surface area contributed by atoms with Gasteiger partial charge in [0.05, 0.1) is 0 Å². The van der Waals surface area contributed by atoms with Crippen molar-refractivity contribution in [2.45, 2.75) is 0 Å². The minimum Gasteiger partial charge on any atom is -0.321 e. The van der Waals surface area contributed by atoms with Gasteiger partial charge in [-0.25, -0.2) is 0 Å². The third kappa shape index (κ3) is 7.62. The first kappa shape index (κ1) is 26.8. The Morgan fingerprint density at radius 2 is 1.45 bits per heavy atom. The molecule has 4 aromatic carbocycles. The molecule has 0 atom stereocenters. The van der Waals surface area contributed by atoms with Gasteiger partial charge < -0.3 is 10.6 Å². The molecular weight excluding hydrogens is 564 g/mol. The highest BCUT2D eigenvalue weighted by Gasteiger charge is 2.15. The molecule has 188 valence electrons. The summed E-state index contributed by atoms with van der Waals surface area (Å²) >= 11 is 9.31. The molecule has 0 radical (unpaired) electrons. The summed E-state index contributed by atoms with van der Waals surface area (Å²) in [4.78, 5) is 38.5. The summed E-state index contributed by atoms with van der Waals surface area (Å²) in [6.45, 7) is 0. The fourth-order valence-electron chi connectivity index (χ4n) is 3.46. The average molecular weight is 586 g/mol. The molecule has 0 heterocycles. The highest BCUT2D eigenvalue weighted by Crippen LogP contribution is 2.17. The molecule has 0 aromatic heterocycles. The van der Waals surface area contributed by atoms with E-state index >= 15 is 0 Å². The predicted molar refractivity (Wildman–Crippen MR) is 156 cm³/mol. The van der Waals surface area contributed by atoms with Crippen LogP contribution in [0.3, 0.4) is 0 Å². The number of hydrogen-bond acceptors (Lipinski definition) is 3. The molecule has 0 saturated carbocycles. The van der Waals surface area contributed by atoms with Gasteiger partial charge in [0.25, 0.3) is 11.8 Å². The van der Waals surface area contributed by atoms with E-state index in [-0.39, 0.29) is 11.5 Å². The van der Waals surface area contributed by atoms with Crippen LogP contribution in [-0.2, 0) is 4.79 Å². The SMILES string of the molecule is O=C(Nc1ccc(C(=O)/C=C/c2ccc(Cl)cc2)cc1)/C(=C/c1cccc(Br)c1)NC(=O)c1ccccc1. The number of benzene rings is 4. The fraction of sp³-hybridized carbons (Fsp3) is 0. The zero-order valence-electron chi connectivity index (χ0n) is 20.0. The van der Waals surface area contributed by atoms with Crippen LogP contribution < -0.4 is 10.6 Å². The second-order valence-corrected chi connectivity index (χ2v) is 9.57. The van der Waals surface area contributed by atoms with E-state index in [9.17, 15) is 14.4 Å². The van der Waals surface area contributed by atoms with E-state index in [1.165, 1.54) is 6.08 Å². The van der Waals surface area contributed by atoms with Crippen molar-refractivity contribution < 1.29 is 14.4 Å². The molecule has 0 saturated heterocycles. The van der Waals surface area contributed by atoms with Crippen LogP contribution in [0.5, 0.6) is 0 Å². The van der Waals surface area contributed by atoms with E-state index in [2.05, 4.69) is 26.6 Å². The molecule has 38 heavy (non-hydrogen) atoms. The van der Waals surface area contributed by atoms with Crippen LogP contribution >= 0.6 is 27.5 Å². The Morgan fingerprint density at radius 3 is 2.13 bits per heavy atom. The number of halogens is 2. The monoisotopic (exact) mass is 584 g/mol. The van der Waals surface area contributed by atoms with Gasteiger partial charge in [0.2, 0.25) is 0 Å². The molecule has 0 aliphatic rings. The van der Waals surface area contributed by atoms with Crippen LogP contribution in [0.2, 0.25) is 5.02 Å². The second kappa shape index (κ2) is 12.8. The van der Waals surface area contributed by atoms with Crippen molar-refractivity contribution in [3.63, 3.8) is 0 Å². The molecule has 0 unspecified atom stereocenters. The number of carbonyl (C=O) groups is 3. The van der Waals surface area contributed by atoms with Crippen LogP contribution in [0.1, 0.15) is 31.8 Å². The van der Waals surface area contributed by atoms with Crippen molar-refractivity contribution in [3.05, 3.63) is 147 Å². The quantitative estimate of drug-likeness (QED) is 0.167. The number of rotatable bonds is 8. The third-order valence-electron chi connectivity index (χ3n) is 5.41. The van der Waals surface area contributed by atoms with E-state index in [1.54, 1.807) is 72.8 Å². The third-order valence-corrected chi connectivity index (χ3v) is 6.16. The first-order chi connectivity index (χ1) is 18.4. The number of anilines is 1. The van der Waals surface area contributed by atoms with Crippen LogP contribution in [-0.4, -0.2) is 17.6 Å². The molecule has 7 heteroatoms. The summed E-state index contributed by atoms with van der Waals surface area (Å²) in [6, 6.07) is 29.7. The molecule has 0 aliphatic carbocycles. The van der Waals surface area contributed by atoms with Crippen LogP contribution in [0.15, 0.2) is 119 Å². The lowest BCUT2D eigenvalue weighted by Crippen LogP contribution is -2.30. The number of hydrogen-bond donors (Lipinski definition) is 2. The molecular formula is C31H22BrClN2O3. The maximum atomic E-state index is 13.2. The van der Waals surface area contributed by atoms with Crippen LogP contribution in [0.25, 0.3) is 12.2 Å². The topological polar surface area (TPSA) is 75.3 Å². The molecule has 0 aliphatic heterocycles. The average Bonchev–Trinajstić information content (AvgIpc) is 2.93. The van der Waals surface area contributed by atoms with Crippen molar-refractivity contribution in [2.24, 2.45) is 0 Å². The molecule has 4 aromatic rings. The van der Waals surface area contributed by atoms with E-state index in [0.717, 1.165) is 15.6 Å². The maximum Gasteiger partial charge on any atom is 0.272 e. The van der Waals surface area contributed by atoms with Gasteiger partial charge in [-0.15, -0.1) is 0 Å². The van der Waals surface area contributed by atoms with Gasteiger partial charge in [-0.2, -0.15) is 0 Å². The van der Waals surface area contributed by atoms with Crippen molar-refractivity contribution in [3.8, 4) is 0 Å². The molecule has 0 spiro atoms. The van der Waals surface area contributed by atoms with Gasteiger partial charge in [-0.05, 0) is 83.9 Å². The Hall–Kier alpha value is -4.26. The summed E-state index contributed by atoms with van der Waals surface area (Å²) in [7, 11) is 0. The molecule has 0 fully saturated rings. The summed E-state index contributed by atoms with van der Waals surface area (Å²) in [5, 5.41) is 6.12. The number of allylic oxidation sites excluding steroid dienone is 1. The molecule has 2 N–H and O–H groups in total. The van der Waals surface area contributed by atoms with Gasteiger partial charge in [0.15, 0.2) is 5.78 Å². The maximum absolute atomic E-state index is 13.2. The normalized spacial score (nSPS) is 11.3. The van der Waals surface area contributed by atoms with Gasteiger partial charge in [0.1, 0.15) is 5.70 Å². The minimum atomic E-state index is -0.504. The zero-order chi connectivity index (χ0) is 26.9. The summed E-state index contributed by atoms with van der Waals surface area (Å²) in [6.07, 6.45) is 4.79. The van der Waals surface area contributed by atoms with Gasteiger partial charge >= 0.3 is 0 Å². The van der Waals surface area contributed by atoms with E-state index in [0.29, 0.717) is 21.8 Å². The highest BCUT2D eigenvalue weighted by molar-refractivity contribution is 9.10.